The molecule has 1 heterocycles. The zero-order valence-corrected chi connectivity index (χ0v) is 10.5. The minimum Gasteiger partial charge on any atom is -0.324 e. The van der Waals surface area contributed by atoms with Crippen molar-refractivity contribution in [1.82, 2.24) is 4.98 Å². The van der Waals surface area contributed by atoms with E-state index in [1.54, 1.807) is 12.3 Å². The maximum Gasteiger partial charge on any atom is 0.140 e. The van der Waals surface area contributed by atoms with Gasteiger partial charge in [0.1, 0.15) is 16.7 Å². The van der Waals surface area contributed by atoms with Gasteiger partial charge in [0.05, 0.1) is 0 Å². The molecule has 1 atom stereocenters. The fourth-order valence-corrected chi connectivity index (χ4v) is 2.15. The third-order valence-corrected chi connectivity index (χ3v) is 3.40. The third kappa shape index (κ3) is 3.05. The SMILES string of the molecule is CC(N)c1ccc(Sc2ccc(F)cc2F)nc1. The van der Waals surface area contributed by atoms with Gasteiger partial charge in [-0.25, -0.2) is 13.8 Å². The van der Waals surface area contributed by atoms with Gasteiger partial charge in [0.25, 0.3) is 0 Å². The lowest BCUT2D eigenvalue weighted by molar-refractivity contribution is 0.565. The minimum atomic E-state index is -0.586. The maximum atomic E-state index is 13.4. The Labute approximate surface area is 108 Å². The summed E-state index contributed by atoms with van der Waals surface area (Å²) in [4.78, 5) is 4.53. The molecule has 0 aliphatic heterocycles. The molecule has 1 unspecified atom stereocenters. The molecule has 0 saturated carbocycles. The quantitative estimate of drug-likeness (QED) is 0.923. The highest BCUT2D eigenvalue weighted by molar-refractivity contribution is 7.99. The van der Waals surface area contributed by atoms with Crippen molar-refractivity contribution < 1.29 is 8.78 Å². The number of hydrogen-bond donors (Lipinski definition) is 1. The summed E-state index contributed by atoms with van der Waals surface area (Å²) in [6.07, 6.45) is 1.66. The number of aromatic nitrogens is 1. The highest BCUT2D eigenvalue weighted by atomic mass is 32.2. The van der Waals surface area contributed by atoms with Crippen LogP contribution in [-0.4, -0.2) is 4.98 Å². The van der Waals surface area contributed by atoms with Crippen LogP contribution in [0.1, 0.15) is 18.5 Å². The van der Waals surface area contributed by atoms with Gasteiger partial charge in [0.15, 0.2) is 0 Å². The summed E-state index contributed by atoms with van der Waals surface area (Å²) < 4.78 is 26.2. The van der Waals surface area contributed by atoms with Crippen LogP contribution in [0.2, 0.25) is 0 Å². The highest BCUT2D eigenvalue weighted by Gasteiger charge is 2.07. The van der Waals surface area contributed by atoms with E-state index < -0.39 is 11.6 Å². The third-order valence-electron chi connectivity index (χ3n) is 2.39. The lowest BCUT2D eigenvalue weighted by Gasteiger charge is -2.06. The maximum absolute atomic E-state index is 13.4. The predicted octanol–water partition coefficient (Wildman–Crippen LogP) is 3.53. The van der Waals surface area contributed by atoms with E-state index in [1.807, 2.05) is 13.0 Å². The van der Waals surface area contributed by atoms with Gasteiger partial charge in [-0.15, -0.1) is 0 Å². The summed E-state index contributed by atoms with van der Waals surface area (Å²) in [5.41, 5.74) is 6.62. The molecule has 94 valence electrons. The van der Waals surface area contributed by atoms with E-state index in [0.29, 0.717) is 9.92 Å². The summed E-state index contributed by atoms with van der Waals surface area (Å²) in [6, 6.07) is 7.02. The molecule has 0 aliphatic carbocycles. The first-order valence-electron chi connectivity index (χ1n) is 5.40. The van der Waals surface area contributed by atoms with Crippen molar-refractivity contribution in [2.24, 2.45) is 5.73 Å². The van der Waals surface area contributed by atoms with Crippen molar-refractivity contribution >= 4 is 11.8 Å². The Bertz CT molecular complexity index is 541. The number of nitrogens with two attached hydrogens (primary N) is 1. The van der Waals surface area contributed by atoms with Crippen LogP contribution < -0.4 is 5.73 Å². The second-order valence-corrected chi connectivity index (χ2v) is 4.96. The summed E-state index contributed by atoms with van der Waals surface area (Å²) in [5, 5.41) is 0.643. The second kappa shape index (κ2) is 5.46. The lowest BCUT2D eigenvalue weighted by Crippen LogP contribution is -2.04. The van der Waals surface area contributed by atoms with Crippen LogP contribution >= 0.6 is 11.8 Å². The molecule has 0 amide bonds. The predicted molar refractivity (Wildman–Crippen MR) is 67.3 cm³/mol. The summed E-state index contributed by atoms with van der Waals surface area (Å²) in [6.45, 7) is 1.86. The molecule has 2 N–H and O–H groups in total. The van der Waals surface area contributed by atoms with Crippen molar-refractivity contribution in [2.45, 2.75) is 22.9 Å². The topological polar surface area (TPSA) is 38.9 Å². The number of hydrogen-bond acceptors (Lipinski definition) is 3. The van der Waals surface area contributed by atoms with Crippen LogP contribution in [0.3, 0.4) is 0 Å². The Morgan fingerprint density at radius 1 is 1.22 bits per heavy atom. The standard InChI is InChI=1S/C13H12F2N2S/c1-8(16)9-2-5-13(17-7-9)18-12-4-3-10(14)6-11(12)15/h2-8H,16H2,1H3. The Balaban J connectivity index is 2.18. The molecule has 0 spiro atoms. The molecular weight excluding hydrogens is 254 g/mol. The normalized spacial score (nSPS) is 12.4. The summed E-state index contributed by atoms with van der Waals surface area (Å²) in [7, 11) is 0. The highest BCUT2D eigenvalue weighted by Crippen LogP contribution is 2.29. The van der Waals surface area contributed by atoms with Crippen LogP contribution in [0.25, 0.3) is 0 Å². The van der Waals surface area contributed by atoms with Gasteiger partial charge in [-0.05, 0) is 30.7 Å². The molecule has 2 aromatic rings. The number of rotatable bonds is 3. The van der Waals surface area contributed by atoms with Crippen molar-refractivity contribution in [3.63, 3.8) is 0 Å². The zero-order valence-electron chi connectivity index (χ0n) is 9.73. The lowest BCUT2D eigenvalue weighted by atomic mass is 10.2. The molecule has 0 bridgehead atoms. The Hall–Kier alpha value is -1.46. The fraction of sp³-hybridized carbons (Fsp3) is 0.154. The van der Waals surface area contributed by atoms with E-state index in [0.717, 1.165) is 23.4 Å². The van der Waals surface area contributed by atoms with Crippen LogP contribution in [0.15, 0.2) is 46.5 Å². The Morgan fingerprint density at radius 2 is 2.00 bits per heavy atom. The van der Waals surface area contributed by atoms with Gasteiger partial charge in [-0.3, -0.25) is 0 Å². The van der Waals surface area contributed by atoms with E-state index in [1.165, 1.54) is 12.1 Å². The second-order valence-electron chi connectivity index (χ2n) is 3.90. The molecule has 0 radical (unpaired) electrons. The molecule has 18 heavy (non-hydrogen) atoms. The van der Waals surface area contributed by atoms with E-state index in [2.05, 4.69) is 4.98 Å². The number of nitrogens with zero attached hydrogens (tertiary/aromatic N) is 1. The molecule has 1 aromatic heterocycles. The van der Waals surface area contributed by atoms with Crippen LogP contribution in [0.5, 0.6) is 0 Å². The Morgan fingerprint density at radius 3 is 2.56 bits per heavy atom. The molecule has 2 rings (SSSR count). The molecule has 1 aromatic carbocycles. The van der Waals surface area contributed by atoms with Crippen LogP contribution in [-0.2, 0) is 0 Å². The number of halogens is 2. The monoisotopic (exact) mass is 266 g/mol. The fourth-order valence-electron chi connectivity index (χ4n) is 1.39. The summed E-state index contributed by atoms with van der Waals surface area (Å²) in [5.74, 6) is -1.17. The molecular formula is C13H12F2N2S. The van der Waals surface area contributed by atoms with Crippen LogP contribution in [0, 0.1) is 11.6 Å². The number of benzene rings is 1. The van der Waals surface area contributed by atoms with Crippen LogP contribution in [0.4, 0.5) is 8.78 Å². The molecule has 5 heteroatoms. The first-order valence-corrected chi connectivity index (χ1v) is 6.22. The molecule has 0 fully saturated rings. The average molecular weight is 266 g/mol. The van der Waals surface area contributed by atoms with E-state index in [-0.39, 0.29) is 6.04 Å². The Kier molecular flexibility index (Phi) is 3.93. The summed E-state index contributed by atoms with van der Waals surface area (Å²) >= 11 is 1.15. The zero-order chi connectivity index (χ0) is 13.1. The first-order chi connectivity index (χ1) is 8.56. The van der Waals surface area contributed by atoms with Gasteiger partial charge >= 0.3 is 0 Å². The molecule has 2 nitrogen and oxygen atoms in total. The van der Waals surface area contributed by atoms with Gasteiger partial charge < -0.3 is 5.73 Å². The first kappa shape index (κ1) is 13.0. The van der Waals surface area contributed by atoms with E-state index in [4.69, 9.17) is 5.73 Å². The largest absolute Gasteiger partial charge is 0.324 e. The minimum absolute atomic E-state index is 0.0842. The van der Waals surface area contributed by atoms with E-state index in [9.17, 15) is 8.78 Å². The van der Waals surface area contributed by atoms with E-state index >= 15 is 0 Å². The average Bonchev–Trinajstić information content (AvgIpc) is 2.33. The van der Waals surface area contributed by atoms with Crippen molar-refractivity contribution in [3.05, 3.63) is 53.7 Å². The van der Waals surface area contributed by atoms with Crippen molar-refractivity contribution in [2.75, 3.05) is 0 Å². The number of pyridine rings is 1. The van der Waals surface area contributed by atoms with Gasteiger partial charge in [0, 0.05) is 23.2 Å². The van der Waals surface area contributed by atoms with Gasteiger partial charge in [-0.1, -0.05) is 17.8 Å². The molecule has 0 aliphatic rings. The van der Waals surface area contributed by atoms with Gasteiger partial charge in [0.2, 0.25) is 0 Å². The smallest absolute Gasteiger partial charge is 0.140 e. The van der Waals surface area contributed by atoms with Crippen molar-refractivity contribution in [1.29, 1.82) is 0 Å². The van der Waals surface area contributed by atoms with Gasteiger partial charge in [-0.2, -0.15) is 0 Å². The molecule has 0 saturated heterocycles. The van der Waals surface area contributed by atoms with Crippen molar-refractivity contribution in [3.8, 4) is 0 Å².